The summed E-state index contributed by atoms with van der Waals surface area (Å²) in [5.74, 6) is 1.44. The molecule has 0 spiro atoms. The molecule has 10 heteroatoms. The highest BCUT2D eigenvalue weighted by Gasteiger charge is 2.13. The number of rotatable bonds is 7. The van der Waals surface area contributed by atoms with E-state index in [1.54, 1.807) is 6.07 Å². The van der Waals surface area contributed by atoms with Gasteiger partial charge in [-0.1, -0.05) is 53.7 Å². The van der Waals surface area contributed by atoms with Crippen LogP contribution in [0.4, 0.5) is 17.5 Å². The minimum Gasteiger partial charge on any atom is -0.489 e. The second-order valence-electron chi connectivity index (χ2n) is 7.59. The molecular formula is C25H20ClN7OS. The van der Waals surface area contributed by atoms with Crippen LogP contribution in [0.25, 0.3) is 11.0 Å². The topological polar surface area (TPSA) is 112 Å². The number of hydrogen-bond donors (Lipinski definition) is 2. The quantitative estimate of drug-likeness (QED) is 0.266. The Morgan fingerprint density at radius 2 is 1.83 bits per heavy atom. The van der Waals surface area contributed by atoms with Crippen LogP contribution in [0.15, 0.2) is 83.0 Å². The maximum absolute atomic E-state index is 6.08. The molecule has 0 saturated heterocycles. The fourth-order valence-corrected chi connectivity index (χ4v) is 4.52. The van der Waals surface area contributed by atoms with E-state index < -0.39 is 0 Å². The molecule has 2 aromatic carbocycles. The van der Waals surface area contributed by atoms with E-state index in [1.165, 1.54) is 18.1 Å². The molecule has 0 bridgehead atoms. The van der Waals surface area contributed by atoms with Crippen LogP contribution in [-0.4, -0.2) is 24.9 Å². The Kier molecular flexibility index (Phi) is 6.60. The molecule has 0 aliphatic rings. The Balaban J connectivity index is 1.50. The summed E-state index contributed by atoms with van der Waals surface area (Å²) in [4.78, 5) is 22.3. The minimum atomic E-state index is 0.112. The van der Waals surface area contributed by atoms with Gasteiger partial charge in [0, 0.05) is 22.7 Å². The van der Waals surface area contributed by atoms with E-state index in [4.69, 9.17) is 22.1 Å². The first kappa shape index (κ1) is 22.8. The first-order valence-electron chi connectivity index (χ1n) is 10.7. The molecule has 3 N–H and O–H groups in total. The van der Waals surface area contributed by atoms with Crippen molar-refractivity contribution in [1.82, 2.24) is 24.9 Å². The molecule has 0 amide bonds. The summed E-state index contributed by atoms with van der Waals surface area (Å²) in [5.41, 5.74) is 9.14. The predicted octanol–water partition coefficient (Wildman–Crippen LogP) is 5.83. The van der Waals surface area contributed by atoms with Crippen molar-refractivity contribution in [2.45, 2.75) is 23.5 Å². The highest BCUT2D eigenvalue weighted by molar-refractivity contribution is 7.99. The van der Waals surface area contributed by atoms with Gasteiger partial charge < -0.3 is 15.8 Å². The smallest absolute Gasteiger partial charge is 0.222 e. The predicted molar refractivity (Wildman–Crippen MR) is 138 cm³/mol. The fourth-order valence-electron chi connectivity index (χ4n) is 3.37. The van der Waals surface area contributed by atoms with Crippen molar-refractivity contribution in [2.75, 3.05) is 11.1 Å². The number of nitrogen functional groups attached to an aromatic ring is 1. The van der Waals surface area contributed by atoms with Crippen LogP contribution in [0.3, 0.4) is 0 Å². The third kappa shape index (κ3) is 5.59. The largest absolute Gasteiger partial charge is 0.489 e. The van der Waals surface area contributed by atoms with E-state index >= 15 is 0 Å². The van der Waals surface area contributed by atoms with Gasteiger partial charge >= 0.3 is 0 Å². The Bertz CT molecular complexity index is 1480. The highest BCUT2D eigenvalue weighted by Crippen LogP contribution is 2.38. The van der Waals surface area contributed by atoms with Crippen LogP contribution in [0.2, 0.25) is 5.15 Å². The van der Waals surface area contributed by atoms with Gasteiger partial charge in [0.25, 0.3) is 0 Å². The van der Waals surface area contributed by atoms with Crippen molar-refractivity contribution in [2.24, 2.45) is 0 Å². The van der Waals surface area contributed by atoms with E-state index in [1.807, 2.05) is 67.6 Å². The fraction of sp³-hybridized carbons (Fsp3) is 0.0800. The summed E-state index contributed by atoms with van der Waals surface area (Å²) in [6.07, 6.45) is 1.49. The monoisotopic (exact) mass is 501 g/mol. The molecule has 5 rings (SSSR count). The van der Waals surface area contributed by atoms with Crippen LogP contribution in [0, 0.1) is 6.92 Å². The maximum Gasteiger partial charge on any atom is 0.222 e. The Labute approximate surface area is 211 Å². The van der Waals surface area contributed by atoms with Crippen LogP contribution >= 0.6 is 23.4 Å². The number of fused-ring (bicyclic) bond motifs is 1. The number of aromatic nitrogens is 5. The summed E-state index contributed by atoms with van der Waals surface area (Å²) < 4.78 is 6.06. The molecule has 5 aromatic rings. The van der Waals surface area contributed by atoms with Crippen molar-refractivity contribution in [3.05, 3.63) is 89.5 Å². The van der Waals surface area contributed by atoms with Crippen LogP contribution in [0.5, 0.6) is 5.75 Å². The van der Waals surface area contributed by atoms with Gasteiger partial charge in [-0.25, -0.2) is 24.9 Å². The molecule has 174 valence electrons. The van der Waals surface area contributed by atoms with E-state index in [0.717, 1.165) is 27.2 Å². The SMILES string of the molecule is Cc1ccc2c(Nc3cc(OCc4ccccc4)ccc3Sc3cc(Cl)nc(N)n3)ncnc2n1. The number of benzene rings is 2. The van der Waals surface area contributed by atoms with Gasteiger partial charge in [0.15, 0.2) is 5.65 Å². The van der Waals surface area contributed by atoms with Gasteiger partial charge in [0.1, 0.15) is 34.7 Å². The normalized spacial score (nSPS) is 10.9. The second kappa shape index (κ2) is 10.1. The molecule has 8 nitrogen and oxygen atoms in total. The second-order valence-corrected chi connectivity index (χ2v) is 9.04. The third-order valence-electron chi connectivity index (χ3n) is 4.99. The van der Waals surface area contributed by atoms with Crippen molar-refractivity contribution in [3.8, 4) is 5.75 Å². The number of ether oxygens (including phenoxy) is 1. The van der Waals surface area contributed by atoms with E-state index in [2.05, 4.69) is 30.2 Å². The molecule has 3 aromatic heterocycles. The number of nitrogens with two attached hydrogens (primary N) is 1. The molecule has 0 atom stereocenters. The maximum atomic E-state index is 6.08. The van der Waals surface area contributed by atoms with Crippen LogP contribution < -0.4 is 15.8 Å². The molecule has 0 saturated carbocycles. The molecule has 0 radical (unpaired) electrons. The number of halogens is 1. The Morgan fingerprint density at radius 3 is 2.66 bits per heavy atom. The number of hydrogen-bond acceptors (Lipinski definition) is 9. The van der Waals surface area contributed by atoms with Gasteiger partial charge in [-0.2, -0.15) is 0 Å². The lowest BCUT2D eigenvalue weighted by molar-refractivity contribution is 0.306. The van der Waals surface area contributed by atoms with Crippen molar-refractivity contribution in [1.29, 1.82) is 0 Å². The van der Waals surface area contributed by atoms with E-state index in [-0.39, 0.29) is 11.1 Å². The summed E-state index contributed by atoms with van der Waals surface area (Å²) in [6, 6.07) is 21.3. The number of anilines is 3. The van der Waals surface area contributed by atoms with Gasteiger partial charge in [-0.05, 0) is 36.8 Å². The Morgan fingerprint density at radius 1 is 0.971 bits per heavy atom. The average molecular weight is 502 g/mol. The van der Waals surface area contributed by atoms with Gasteiger partial charge in [0.05, 0.1) is 11.1 Å². The zero-order chi connectivity index (χ0) is 24.2. The van der Waals surface area contributed by atoms with Crippen molar-refractivity contribution < 1.29 is 4.74 Å². The zero-order valence-corrected chi connectivity index (χ0v) is 20.2. The minimum absolute atomic E-state index is 0.112. The number of nitrogens with one attached hydrogen (secondary N) is 1. The van der Waals surface area contributed by atoms with Crippen molar-refractivity contribution >= 4 is 51.8 Å². The van der Waals surface area contributed by atoms with Gasteiger partial charge in [-0.3, -0.25) is 0 Å². The lowest BCUT2D eigenvalue weighted by atomic mass is 10.2. The van der Waals surface area contributed by atoms with Gasteiger partial charge in [0.2, 0.25) is 5.95 Å². The number of aryl methyl sites for hydroxylation is 1. The van der Waals surface area contributed by atoms with E-state index in [0.29, 0.717) is 28.8 Å². The van der Waals surface area contributed by atoms with Crippen LogP contribution in [-0.2, 0) is 6.61 Å². The molecule has 0 aliphatic carbocycles. The zero-order valence-electron chi connectivity index (χ0n) is 18.6. The molecular weight excluding hydrogens is 482 g/mol. The highest BCUT2D eigenvalue weighted by atomic mass is 35.5. The van der Waals surface area contributed by atoms with Crippen molar-refractivity contribution in [3.63, 3.8) is 0 Å². The Hall–Kier alpha value is -3.95. The first-order chi connectivity index (χ1) is 17.0. The third-order valence-corrected chi connectivity index (χ3v) is 6.18. The van der Waals surface area contributed by atoms with E-state index in [9.17, 15) is 0 Å². The molecule has 0 aliphatic heterocycles. The van der Waals surface area contributed by atoms with Crippen LogP contribution in [0.1, 0.15) is 11.3 Å². The lowest BCUT2D eigenvalue weighted by Gasteiger charge is -2.15. The molecule has 3 heterocycles. The number of pyridine rings is 1. The lowest BCUT2D eigenvalue weighted by Crippen LogP contribution is -2.01. The number of nitrogens with zero attached hydrogens (tertiary/aromatic N) is 5. The summed E-state index contributed by atoms with van der Waals surface area (Å²) in [6.45, 7) is 2.37. The first-order valence-corrected chi connectivity index (χ1v) is 11.9. The summed E-state index contributed by atoms with van der Waals surface area (Å²) in [5, 5.41) is 5.13. The summed E-state index contributed by atoms with van der Waals surface area (Å²) in [7, 11) is 0. The molecule has 35 heavy (non-hydrogen) atoms. The standard InChI is InChI=1S/C25H20ClN7OS/c1-15-7-9-18-23(30-15)28-14-29-24(18)31-19-11-17(34-13-16-5-3-2-4-6-16)8-10-20(19)35-22-12-21(26)32-25(27)33-22/h2-12,14H,13H2,1H3,(H2,27,32,33)(H,28,29,30,31). The molecule has 0 unspecified atom stereocenters. The molecule has 0 fully saturated rings. The average Bonchev–Trinajstić information content (AvgIpc) is 2.84. The summed E-state index contributed by atoms with van der Waals surface area (Å²) >= 11 is 7.48. The van der Waals surface area contributed by atoms with Gasteiger partial charge in [-0.15, -0.1) is 0 Å².